The van der Waals surface area contributed by atoms with Crippen molar-refractivity contribution in [2.45, 2.75) is 64.5 Å². The molecule has 1 aliphatic carbocycles. The summed E-state index contributed by atoms with van der Waals surface area (Å²) < 4.78 is 13.5. The molecule has 328 valence electrons. The Labute approximate surface area is 385 Å². The molecule has 7 rings (SSSR count). The van der Waals surface area contributed by atoms with E-state index in [4.69, 9.17) is 9.16 Å². The maximum Gasteiger partial charge on any atom is 0.261 e. The van der Waals surface area contributed by atoms with Crippen LogP contribution in [0.4, 0.5) is 17.1 Å². The van der Waals surface area contributed by atoms with Crippen LogP contribution in [0.5, 0.6) is 11.5 Å². The number of carbonyl (C=O) groups excluding carboxylic acids is 2. The van der Waals surface area contributed by atoms with Gasteiger partial charge >= 0.3 is 0 Å². The van der Waals surface area contributed by atoms with Gasteiger partial charge in [-0.25, -0.2) is 0 Å². The molecule has 4 atom stereocenters. The number of aromatic hydroxyl groups is 1. The summed E-state index contributed by atoms with van der Waals surface area (Å²) in [6.45, 7) is 8.37. The van der Waals surface area contributed by atoms with E-state index in [0.717, 1.165) is 38.5 Å². The zero-order valence-corrected chi connectivity index (χ0v) is 39.7. The van der Waals surface area contributed by atoms with Gasteiger partial charge in [-0.3, -0.25) is 14.5 Å². The van der Waals surface area contributed by atoms with Gasteiger partial charge in [0.05, 0.1) is 47.5 Å². The fourth-order valence-corrected chi connectivity index (χ4v) is 14.8. The minimum absolute atomic E-state index is 0.0877. The summed E-state index contributed by atoms with van der Waals surface area (Å²) in [5.74, 6) is -2.65. The van der Waals surface area contributed by atoms with Gasteiger partial charge in [0.2, 0.25) is 11.8 Å². The van der Waals surface area contributed by atoms with Crippen LogP contribution in [0.2, 0.25) is 5.04 Å². The average molecular weight is 977 g/mol. The number of nitrogens with one attached hydrogen (secondary N) is 1. The van der Waals surface area contributed by atoms with Crippen LogP contribution in [0, 0.1) is 21.3 Å². The van der Waals surface area contributed by atoms with Crippen LogP contribution < -0.4 is 25.3 Å². The number of methoxy groups -OCH3 is 1. The fourth-order valence-electron chi connectivity index (χ4n) is 9.58. The van der Waals surface area contributed by atoms with Crippen molar-refractivity contribution in [3.05, 3.63) is 153 Å². The number of benzene rings is 5. The maximum absolute atomic E-state index is 14.6. The van der Waals surface area contributed by atoms with Crippen molar-refractivity contribution in [2.24, 2.45) is 17.8 Å². The zero-order valence-electron chi connectivity index (χ0n) is 36.6. The van der Waals surface area contributed by atoms with Gasteiger partial charge in [0.1, 0.15) is 0 Å². The molecular weight excluding hydrogens is 920 g/mol. The highest BCUT2D eigenvalue weighted by Gasteiger charge is 2.56. The highest BCUT2D eigenvalue weighted by molar-refractivity contribution is 14.1. The second-order valence-corrected chi connectivity index (χ2v) is 22.9. The first kappa shape index (κ1) is 46.0. The molecular formula is C52H57IN2O7Si. The molecule has 0 spiro atoms. The van der Waals surface area contributed by atoms with Crippen molar-refractivity contribution in [3.63, 3.8) is 0 Å². The monoisotopic (exact) mass is 976 g/mol. The normalized spacial score (nSPS) is 18.7. The minimum atomic E-state index is -3.08. The number of allylic oxidation sites excluding steroid dienone is 1. The van der Waals surface area contributed by atoms with Crippen LogP contribution in [0.1, 0.15) is 58.9 Å². The second kappa shape index (κ2) is 19.8. The maximum atomic E-state index is 14.6. The number of carbonyl (C=O) groups is 2. The second-order valence-electron chi connectivity index (χ2n) is 17.5. The van der Waals surface area contributed by atoms with Gasteiger partial charge in [-0.05, 0) is 129 Å². The Morgan fingerprint density at radius 3 is 2.03 bits per heavy atom. The number of imide groups is 1. The number of nitrogens with zero attached hydrogens (tertiary/aromatic N) is 1. The summed E-state index contributed by atoms with van der Waals surface area (Å²) in [5, 5.41) is 39.4. The van der Waals surface area contributed by atoms with E-state index in [1.54, 1.807) is 18.2 Å². The Hall–Kier alpha value is -5.05. The largest absolute Gasteiger partial charge is 0.504 e. The Balaban J connectivity index is 1.26. The molecule has 0 unspecified atom stereocenters. The van der Waals surface area contributed by atoms with E-state index < -0.39 is 38.8 Å². The Bertz CT molecular complexity index is 2410. The lowest BCUT2D eigenvalue weighted by Crippen LogP contribution is -2.66. The van der Waals surface area contributed by atoms with E-state index in [2.05, 4.69) is 85.9 Å². The number of phenols is 1. The molecule has 11 heteroatoms. The quantitative estimate of drug-likeness (QED) is 0.0334. The Morgan fingerprint density at radius 2 is 1.48 bits per heavy atom. The van der Waals surface area contributed by atoms with Crippen molar-refractivity contribution >= 4 is 76.2 Å². The van der Waals surface area contributed by atoms with E-state index in [9.17, 15) is 24.9 Å². The van der Waals surface area contributed by atoms with E-state index in [1.165, 1.54) is 12.0 Å². The van der Waals surface area contributed by atoms with Gasteiger partial charge in [-0.2, -0.15) is 0 Å². The molecule has 5 aromatic carbocycles. The van der Waals surface area contributed by atoms with E-state index in [1.807, 2.05) is 84.9 Å². The summed E-state index contributed by atoms with van der Waals surface area (Å²) in [6, 6.07) is 41.3. The molecule has 9 nitrogen and oxygen atoms in total. The minimum Gasteiger partial charge on any atom is -0.504 e. The van der Waals surface area contributed by atoms with Gasteiger partial charge < -0.3 is 29.8 Å². The lowest BCUT2D eigenvalue weighted by Gasteiger charge is -2.44. The van der Waals surface area contributed by atoms with Crippen LogP contribution in [0.25, 0.3) is 6.08 Å². The average Bonchev–Trinajstić information content (AvgIpc) is 3.54. The van der Waals surface area contributed by atoms with Crippen LogP contribution in [0.3, 0.4) is 0 Å². The number of para-hydroxylation sites is 1. The smallest absolute Gasteiger partial charge is 0.261 e. The molecule has 0 bridgehead atoms. The van der Waals surface area contributed by atoms with E-state index in [0.29, 0.717) is 39.8 Å². The third-order valence-corrected chi connectivity index (χ3v) is 18.4. The number of aliphatic hydroxyl groups is 2. The zero-order chi connectivity index (χ0) is 44.9. The number of anilines is 3. The van der Waals surface area contributed by atoms with Crippen LogP contribution in [-0.2, 0) is 14.0 Å². The molecule has 1 aliphatic heterocycles. The molecule has 1 saturated heterocycles. The first-order chi connectivity index (χ1) is 30.3. The summed E-state index contributed by atoms with van der Waals surface area (Å²) >= 11 is 2.08. The molecule has 1 fully saturated rings. The topological polar surface area (TPSA) is 129 Å². The number of ether oxygens (including phenoxy) is 1. The first-order valence-electron chi connectivity index (χ1n) is 21.6. The van der Waals surface area contributed by atoms with Crippen LogP contribution in [-0.4, -0.2) is 61.9 Å². The van der Waals surface area contributed by atoms with Crippen molar-refractivity contribution in [1.82, 2.24) is 0 Å². The van der Waals surface area contributed by atoms with Gasteiger partial charge in [-0.1, -0.05) is 118 Å². The SMILES string of the molecule is CC/C(=C\c1cc(I)c(O)c(OC)c1)CC[C@@H](O)C1=C(CO[Si](c2ccccc2)(c2ccccc2)C(C)(C)C)C[C@H]2C(=O)N(c3ccc(Nc4ccccc4)cc3)C(=O)[C@H]2[C@H]1CO. The number of rotatable bonds is 16. The van der Waals surface area contributed by atoms with Crippen molar-refractivity contribution in [2.75, 3.05) is 30.5 Å². The fraction of sp³-hybridized carbons (Fsp3) is 0.308. The highest BCUT2D eigenvalue weighted by Crippen LogP contribution is 2.48. The first-order valence-corrected chi connectivity index (χ1v) is 24.6. The number of fused-ring (bicyclic) bond motifs is 1. The third-order valence-electron chi connectivity index (χ3n) is 12.6. The lowest BCUT2D eigenvalue weighted by molar-refractivity contribution is -0.123. The number of hydrogen-bond donors (Lipinski definition) is 4. The van der Waals surface area contributed by atoms with Gasteiger partial charge in [0.25, 0.3) is 8.32 Å². The number of amides is 2. The van der Waals surface area contributed by atoms with E-state index >= 15 is 0 Å². The summed E-state index contributed by atoms with van der Waals surface area (Å²) in [4.78, 5) is 30.5. The summed E-state index contributed by atoms with van der Waals surface area (Å²) in [6.07, 6.45) is 2.79. The molecule has 0 aromatic heterocycles. The molecule has 4 N–H and O–H groups in total. The van der Waals surface area contributed by atoms with E-state index in [-0.39, 0.29) is 35.6 Å². The number of halogens is 1. The molecule has 63 heavy (non-hydrogen) atoms. The van der Waals surface area contributed by atoms with Crippen LogP contribution in [0.15, 0.2) is 144 Å². The predicted molar refractivity (Wildman–Crippen MR) is 262 cm³/mol. The van der Waals surface area contributed by atoms with Crippen molar-refractivity contribution < 1.29 is 34.1 Å². The summed E-state index contributed by atoms with van der Waals surface area (Å²) in [5.41, 5.74) is 5.45. The van der Waals surface area contributed by atoms with Crippen molar-refractivity contribution in [3.8, 4) is 11.5 Å². The van der Waals surface area contributed by atoms with Gasteiger partial charge in [0, 0.05) is 17.3 Å². The van der Waals surface area contributed by atoms with Gasteiger partial charge in [-0.15, -0.1) is 0 Å². The Morgan fingerprint density at radius 1 is 0.889 bits per heavy atom. The predicted octanol–water partition coefficient (Wildman–Crippen LogP) is 9.37. The summed E-state index contributed by atoms with van der Waals surface area (Å²) in [7, 11) is -1.56. The molecule has 2 aliphatic rings. The number of aliphatic hydroxyl groups excluding tert-OH is 2. The Kier molecular flexibility index (Phi) is 14.4. The number of hydrogen-bond acceptors (Lipinski definition) is 8. The molecule has 0 saturated carbocycles. The van der Waals surface area contributed by atoms with Crippen molar-refractivity contribution in [1.29, 1.82) is 0 Å². The molecule has 5 aromatic rings. The van der Waals surface area contributed by atoms with Gasteiger partial charge in [0.15, 0.2) is 11.5 Å². The molecule has 2 amide bonds. The third kappa shape index (κ3) is 9.44. The molecule has 0 radical (unpaired) electrons. The highest BCUT2D eigenvalue weighted by atomic mass is 127. The number of phenolic OH excluding ortho intramolecular Hbond substituents is 1. The lowest BCUT2D eigenvalue weighted by atomic mass is 9.68. The molecule has 1 heterocycles. The standard InChI is InChI=1S/C52H57IN2O7Si/c1-6-34(28-35-29-44(53)49(58)46(30-35)61-5)22-27-45(57)47-36(33-62-63(52(2,3)4,40-18-12-8-13-19-40)41-20-14-9-15-21-41)31-42-48(43(47)32-56)51(60)55(50(42)59)39-25-23-38(24-26-39)54-37-16-10-7-11-17-37/h7-21,23-26,28-30,42-43,45,48,54,56-58H,6,22,27,31-33H2,1-5H3/b34-28+/t42-,43+,45-,48-/m1/s1. The van der Waals surface area contributed by atoms with Crippen LogP contribution >= 0.6 is 22.6 Å².